The SMILES string of the molecule is CN=C(NC1CCN(c2ccccc2OC(F)F)C1)NC1C2CCOC2C12CCCC2.I. The Morgan fingerprint density at radius 1 is 1.22 bits per heavy atom. The van der Waals surface area contributed by atoms with Crippen LogP contribution in [0.3, 0.4) is 0 Å². The Morgan fingerprint density at radius 2 is 2.00 bits per heavy atom. The minimum Gasteiger partial charge on any atom is -0.433 e. The van der Waals surface area contributed by atoms with E-state index in [1.165, 1.54) is 25.7 Å². The molecule has 1 spiro atoms. The molecule has 4 aliphatic rings. The summed E-state index contributed by atoms with van der Waals surface area (Å²) >= 11 is 0. The fraction of sp³-hybridized carbons (Fsp3) is 0.696. The van der Waals surface area contributed by atoms with Crippen LogP contribution in [-0.4, -0.2) is 57.5 Å². The quantitative estimate of drug-likeness (QED) is 0.323. The topological polar surface area (TPSA) is 58.1 Å². The van der Waals surface area contributed by atoms with Gasteiger partial charge >= 0.3 is 6.61 Å². The molecule has 6 nitrogen and oxygen atoms in total. The maximum atomic E-state index is 12.8. The molecule has 2 saturated heterocycles. The number of anilines is 1. The first-order valence-corrected chi connectivity index (χ1v) is 11.5. The lowest BCUT2D eigenvalue weighted by molar-refractivity contribution is -0.125. The molecule has 4 unspecified atom stereocenters. The third kappa shape index (κ3) is 4.26. The van der Waals surface area contributed by atoms with E-state index in [4.69, 9.17) is 9.47 Å². The van der Waals surface area contributed by atoms with Crippen molar-refractivity contribution in [3.05, 3.63) is 24.3 Å². The fourth-order valence-corrected chi connectivity index (χ4v) is 6.43. The average molecular weight is 562 g/mol. The molecule has 0 bridgehead atoms. The number of halogens is 3. The molecule has 2 saturated carbocycles. The lowest BCUT2D eigenvalue weighted by Crippen LogP contribution is -2.69. The van der Waals surface area contributed by atoms with E-state index in [1.54, 1.807) is 12.1 Å². The average Bonchev–Trinajstić information content (AvgIpc) is 3.51. The van der Waals surface area contributed by atoms with Gasteiger partial charge in [0, 0.05) is 50.2 Å². The van der Waals surface area contributed by atoms with Gasteiger partial charge in [-0.05, 0) is 37.8 Å². The number of para-hydroxylation sites is 2. The van der Waals surface area contributed by atoms with Crippen LogP contribution in [0, 0.1) is 11.3 Å². The molecule has 4 atom stereocenters. The molecule has 0 radical (unpaired) electrons. The fourth-order valence-electron chi connectivity index (χ4n) is 6.43. The lowest BCUT2D eigenvalue weighted by Gasteiger charge is -2.57. The normalized spacial score (nSPS) is 30.8. The summed E-state index contributed by atoms with van der Waals surface area (Å²) in [6, 6.07) is 7.63. The zero-order chi connectivity index (χ0) is 21.4. The highest BCUT2D eigenvalue weighted by molar-refractivity contribution is 14.0. The van der Waals surface area contributed by atoms with Gasteiger partial charge in [-0.3, -0.25) is 4.99 Å². The molecule has 9 heteroatoms. The smallest absolute Gasteiger partial charge is 0.387 e. The van der Waals surface area contributed by atoms with Crippen LogP contribution in [0.15, 0.2) is 29.3 Å². The molecule has 32 heavy (non-hydrogen) atoms. The molecule has 0 amide bonds. The Bertz CT molecular complexity index is 821. The van der Waals surface area contributed by atoms with Crippen LogP contribution in [0.1, 0.15) is 38.5 Å². The number of benzene rings is 1. The molecule has 2 aliphatic carbocycles. The number of nitrogens with one attached hydrogen (secondary N) is 2. The number of aliphatic imine (C=N–C) groups is 1. The number of alkyl halides is 2. The summed E-state index contributed by atoms with van der Waals surface area (Å²) in [6.07, 6.45) is 7.50. The summed E-state index contributed by atoms with van der Waals surface area (Å²) in [4.78, 5) is 6.61. The van der Waals surface area contributed by atoms with Gasteiger partial charge in [0.05, 0.1) is 11.8 Å². The second-order valence-electron chi connectivity index (χ2n) is 9.30. The maximum absolute atomic E-state index is 12.8. The van der Waals surface area contributed by atoms with Gasteiger partial charge < -0.3 is 25.0 Å². The van der Waals surface area contributed by atoms with E-state index < -0.39 is 6.61 Å². The highest BCUT2D eigenvalue weighted by atomic mass is 127. The van der Waals surface area contributed by atoms with Gasteiger partial charge in [-0.2, -0.15) is 8.78 Å². The lowest BCUT2D eigenvalue weighted by atomic mass is 9.54. The van der Waals surface area contributed by atoms with Crippen LogP contribution in [-0.2, 0) is 4.74 Å². The molecule has 2 heterocycles. The van der Waals surface area contributed by atoms with Crippen LogP contribution in [0.5, 0.6) is 5.75 Å². The van der Waals surface area contributed by atoms with E-state index in [2.05, 4.69) is 20.5 Å². The number of nitrogens with zero attached hydrogens (tertiary/aromatic N) is 2. The molecule has 0 aromatic heterocycles. The second-order valence-corrected chi connectivity index (χ2v) is 9.30. The van der Waals surface area contributed by atoms with E-state index >= 15 is 0 Å². The summed E-state index contributed by atoms with van der Waals surface area (Å²) in [5, 5.41) is 7.32. The Kier molecular flexibility index (Phi) is 7.33. The van der Waals surface area contributed by atoms with Crippen molar-refractivity contribution in [1.29, 1.82) is 0 Å². The summed E-state index contributed by atoms with van der Waals surface area (Å²) in [5.41, 5.74) is 0.983. The number of hydrogen-bond donors (Lipinski definition) is 2. The van der Waals surface area contributed by atoms with Gasteiger partial charge in [-0.15, -0.1) is 24.0 Å². The number of hydrogen-bond acceptors (Lipinski definition) is 4. The van der Waals surface area contributed by atoms with Crippen LogP contribution in [0.25, 0.3) is 0 Å². The Labute approximate surface area is 205 Å². The van der Waals surface area contributed by atoms with Crippen molar-refractivity contribution in [2.75, 3.05) is 31.6 Å². The van der Waals surface area contributed by atoms with Crippen molar-refractivity contribution >= 4 is 35.6 Å². The van der Waals surface area contributed by atoms with Crippen molar-refractivity contribution in [2.45, 2.75) is 63.3 Å². The van der Waals surface area contributed by atoms with E-state index in [-0.39, 0.29) is 41.2 Å². The van der Waals surface area contributed by atoms with Crippen LogP contribution < -0.4 is 20.3 Å². The van der Waals surface area contributed by atoms with E-state index in [1.807, 2.05) is 19.2 Å². The van der Waals surface area contributed by atoms with Crippen molar-refractivity contribution in [1.82, 2.24) is 10.6 Å². The zero-order valence-corrected chi connectivity index (χ0v) is 20.8. The highest BCUT2D eigenvalue weighted by Crippen LogP contribution is 2.60. The zero-order valence-electron chi connectivity index (χ0n) is 18.4. The Hall–Kier alpha value is -1.36. The molecule has 1 aromatic rings. The highest BCUT2D eigenvalue weighted by Gasteiger charge is 2.65. The van der Waals surface area contributed by atoms with E-state index in [9.17, 15) is 8.78 Å². The molecule has 2 aliphatic heterocycles. The van der Waals surface area contributed by atoms with Crippen molar-refractivity contribution in [3.8, 4) is 5.75 Å². The number of fused-ring (bicyclic) bond motifs is 2. The van der Waals surface area contributed by atoms with Crippen molar-refractivity contribution in [2.24, 2.45) is 16.3 Å². The Morgan fingerprint density at radius 3 is 2.75 bits per heavy atom. The first kappa shape index (κ1) is 23.8. The van der Waals surface area contributed by atoms with Crippen LogP contribution >= 0.6 is 24.0 Å². The van der Waals surface area contributed by atoms with Crippen LogP contribution in [0.4, 0.5) is 14.5 Å². The molecule has 178 valence electrons. The van der Waals surface area contributed by atoms with Gasteiger partial charge in [-0.25, -0.2) is 0 Å². The van der Waals surface area contributed by atoms with Crippen molar-refractivity contribution in [3.63, 3.8) is 0 Å². The molecule has 2 N–H and O–H groups in total. The van der Waals surface area contributed by atoms with Crippen molar-refractivity contribution < 1.29 is 18.3 Å². The predicted octanol–water partition coefficient (Wildman–Crippen LogP) is 4.00. The Balaban J connectivity index is 0.00000245. The summed E-state index contributed by atoms with van der Waals surface area (Å²) < 4.78 is 36.4. The van der Waals surface area contributed by atoms with E-state index in [0.717, 1.165) is 38.5 Å². The molecular formula is C23H33F2IN4O2. The third-order valence-corrected chi connectivity index (χ3v) is 7.75. The molecule has 5 rings (SSSR count). The van der Waals surface area contributed by atoms with Crippen LogP contribution in [0.2, 0.25) is 0 Å². The van der Waals surface area contributed by atoms with Gasteiger partial charge in [0.2, 0.25) is 0 Å². The maximum Gasteiger partial charge on any atom is 0.387 e. The number of rotatable bonds is 5. The van der Waals surface area contributed by atoms with Gasteiger partial charge in [-0.1, -0.05) is 25.0 Å². The van der Waals surface area contributed by atoms with E-state index in [0.29, 0.717) is 23.8 Å². The first-order valence-electron chi connectivity index (χ1n) is 11.5. The first-order chi connectivity index (χ1) is 15.1. The summed E-state index contributed by atoms with van der Waals surface area (Å²) in [5.74, 6) is 1.64. The minimum absolute atomic E-state index is 0. The summed E-state index contributed by atoms with van der Waals surface area (Å²) in [6.45, 7) is -0.451. The van der Waals surface area contributed by atoms with Gasteiger partial charge in [0.15, 0.2) is 5.96 Å². The number of guanidine groups is 1. The van der Waals surface area contributed by atoms with Gasteiger partial charge in [0.1, 0.15) is 5.75 Å². The molecular weight excluding hydrogens is 529 g/mol. The standard InChI is InChI=1S/C23H32F2N4O2.HI/c1-26-22(28-19-16-9-13-30-20(16)23(19)10-4-5-11-23)27-15-8-12-29(14-15)17-6-2-3-7-18(17)31-21(24)25;/h2-3,6-7,15-16,19-21H,4-5,8-14H2,1H3,(H2,26,27,28);1H. The number of ether oxygens (including phenoxy) is 2. The third-order valence-electron chi connectivity index (χ3n) is 7.75. The largest absolute Gasteiger partial charge is 0.433 e. The predicted molar refractivity (Wildman–Crippen MR) is 131 cm³/mol. The minimum atomic E-state index is -2.82. The van der Waals surface area contributed by atoms with Gasteiger partial charge in [0.25, 0.3) is 0 Å². The molecule has 4 fully saturated rings. The monoisotopic (exact) mass is 562 g/mol. The second kappa shape index (κ2) is 9.87. The summed E-state index contributed by atoms with van der Waals surface area (Å²) in [7, 11) is 1.82. The molecule has 1 aromatic carbocycles.